The summed E-state index contributed by atoms with van der Waals surface area (Å²) in [5.41, 5.74) is 5.54. The van der Waals surface area contributed by atoms with E-state index in [4.69, 9.17) is 19.6 Å². The van der Waals surface area contributed by atoms with Crippen LogP contribution < -0.4 is 15.9 Å². The molecule has 0 heterocycles. The summed E-state index contributed by atoms with van der Waals surface area (Å²) in [6.45, 7) is 1.88. The van der Waals surface area contributed by atoms with Gasteiger partial charge in [0.05, 0.1) is 7.11 Å². The summed E-state index contributed by atoms with van der Waals surface area (Å²) in [5.74, 6) is 0.496. The largest absolute Gasteiger partial charge is 0.497 e. The Morgan fingerprint density at radius 2 is 2.00 bits per heavy atom. The number of ether oxygens (including phenoxy) is 1. The standard InChI is InChI=1S/C8H11BO3.CH3NO/c1-6-3-4-8(12-2)7(5-6)9(10)11;2-1-3/h3-5,10-11H,1-2H3;1H,(H2,2,3). The van der Waals surface area contributed by atoms with Crippen LogP contribution in [-0.2, 0) is 4.79 Å². The molecule has 82 valence electrons. The van der Waals surface area contributed by atoms with Crippen LogP contribution >= 0.6 is 0 Å². The number of hydrogen-bond donors (Lipinski definition) is 3. The minimum atomic E-state index is -1.47. The van der Waals surface area contributed by atoms with E-state index >= 15 is 0 Å². The lowest BCUT2D eigenvalue weighted by Crippen LogP contribution is -2.31. The molecular formula is C9H14BNO4. The molecule has 1 amide bonds. The molecule has 4 N–H and O–H groups in total. The van der Waals surface area contributed by atoms with E-state index in [1.54, 1.807) is 12.1 Å². The molecule has 0 atom stereocenters. The quantitative estimate of drug-likeness (QED) is 0.422. The zero-order valence-corrected chi connectivity index (χ0v) is 8.68. The van der Waals surface area contributed by atoms with Gasteiger partial charge in [-0.2, -0.15) is 0 Å². The second kappa shape index (κ2) is 6.86. The first-order chi connectivity index (χ1) is 7.06. The van der Waals surface area contributed by atoms with Gasteiger partial charge in [0.2, 0.25) is 6.41 Å². The lowest BCUT2D eigenvalue weighted by Gasteiger charge is -2.07. The molecule has 6 heteroatoms. The fraction of sp³-hybridized carbons (Fsp3) is 0.222. The van der Waals surface area contributed by atoms with E-state index in [1.165, 1.54) is 7.11 Å². The SMILES string of the molecule is COc1ccc(C)cc1B(O)O.NC=O. The molecule has 0 saturated heterocycles. The van der Waals surface area contributed by atoms with Crippen LogP contribution in [0.25, 0.3) is 0 Å². The van der Waals surface area contributed by atoms with Crippen LogP contribution in [0.1, 0.15) is 5.56 Å². The molecule has 0 unspecified atom stereocenters. The maximum Gasteiger partial charge on any atom is 0.492 e. The Morgan fingerprint density at radius 1 is 1.47 bits per heavy atom. The van der Waals surface area contributed by atoms with Crippen LogP contribution in [0.4, 0.5) is 0 Å². The molecule has 0 spiro atoms. The van der Waals surface area contributed by atoms with Crippen LogP contribution in [0.3, 0.4) is 0 Å². The molecule has 0 aliphatic heterocycles. The van der Waals surface area contributed by atoms with Gasteiger partial charge in [-0.15, -0.1) is 0 Å². The predicted octanol–water partition coefficient (Wildman–Crippen LogP) is -1.22. The van der Waals surface area contributed by atoms with E-state index < -0.39 is 7.12 Å². The third-order valence-corrected chi connectivity index (χ3v) is 1.66. The molecule has 1 aromatic carbocycles. The maximum absolute atomic E-state index is 8.94. The number of amides is 1. The van der Waals surface area contributed by atoms with E-state index in [-0.39, 0.29) is 6.41 Å². The van der Waals surface area contributed by atoms with Gasteiger partial charge in [0.25, 0.3) is 0 Å². The highest BCUT2D eigenvalue weighted by molar-refractivity contribution is 6.59. The van der Waals surface area contributed by atoms with Crippen LogP contribution in [0.2, 0.25) is 0 Å². The highest BCUT2D eigenvalue weighted by atomic mass is 16.5. The summed E-state index contributed by atoms with van der Waals surface area (Å²) in [4.78, 5) is 8.58. The van der Waals surface area contributed by atoms with Gasteiger partial charge in [-0.25, -0.2) is 0 Å². The number of methoxy groups -OCH3 is 1. The number of benzene rings is 1. The van der Waals surface area contributed by atoms with Crippen molar-refractivity contribution < 1.29 is 19.6 Å². The zero-order chi connectivity index (χ0) is 11.8. The first kappa shape index (κ1) is 13.5. The Balaban J connectivity index is 0.000000583. The molecule has 0 saturated carbocycles. The Hall–Kier alpha value is -1.53. The Morgan fingerprint density at radius 3 is 2.40 bits per heavy atom. The first-order valence-corrected chi connectivity index (χ1v) is 4.22. The van der Waals surface area contributed by atoms with Gasteiger partial charge in [-0.1, -0.05) is 17.7 Å². The number of carbonyl (C=O) groups excluding carboxylic acids is 1. The van der Waals surface area contributed by atoms with Crippen molar-refractivity contribution in [3.63, 3.8) is 0 Å². The van der Waals surface area contributed by atoms with Crippen molar-refractivity contribution in [3.05, 3.63) is 23.8 Å². The lowest BCUT2D eigenvalue weighted by atomic mass is 9.79. The van der Waals surface area contributed by atoms with Crippen molar-refractivity contribution >= 4 is 19.0 Å². The van der Waals surface area contributed by atoms with Crippen LogP contribution in [-0.4, -0.2) is 30.7 Å². The van der Waals surface area contributed by atoms with Gasteiger partial charge in [-0.05, 0) is 13.0 Å². The Labute approximate surface area is 88.6 Å². The number of primary amides is 1. The van der Waals surface area contributed by atoms with E-state index in [0.29, 0.717) is 11.2 Å². The summed E-state index contributed by atoms with van der Waals surface area (Å²) in [7, 11) is 0.0242. The third-order valence-electron chi connectivity index (χ3n) is 1.66. The molecule has 0 fully saturated rings. The number of nitrogens with two attached hydrogens (primary N) is 1. The lowest BCUT2D eigenvalue weighted by molar-refractivity contribution is -0.106. The van der Waals surface area contributed by atoms with Gasteiger partial charge in [0.15, 0.2) is 0 Å². The van der Waals surface area contributed by atoms with Crippen molar-refractivity contribution in [2.45, 2.75) is 6.92 Å². The van der Waals surface area contributed by atoms with Crippen LogP contribution in [0.15, 0.2) is 18.2 Å². The molecule has 0 bridgehead atoms. The molecule has 0 aliphatic rings. The number of carbonyl (C=O) groups is 1. The predicted molar refractivity (Wildman–Crippen MR) is 57.8 cm³/mol. The highest BCUT2D eigenvalue weighted by Gasteiger charge is 2.16. The summed E-state index contributed by atoms with van der Waals surface area (Å²) in [5, 5.41) is 17.9. The molecule has 1 rings (SSSR count). The fourth-order valence-corrected chi connectivity index (χ4v) is 1.06. The van der Waals surface area contributed by atoms with Crippen molar-refractivity contribution in [2.75, 3.05) is 7.11 Å². The normalized spacial score (nSPS) is 8.53. The minimum Gasteiger partial charge on any atom is -0.497 e. The third kappa shape index (κ3) is 4.48. The number of hydrogen-bond acceptors (Lipinski definition) is 4. The molecule has 0 aliphatic carbocycles. The molecular weight excluding hydrogens is 197 g/mol. The van der Waals surface area contributed by atoms with Gasteiger partial charge in [0.1, 0.15) is 5.75 Å². The van der Waals surface area contributed by atoms with E-state index in [1.807, 2.05) is 13.0 Å². The van der Waals surface area contributed by atoms with E-state index in [9.17, 15) is 0 Å². The van der Waals surface area contributed by atoms with Crippen LogP contribution in [0, 0.1) is 6.92 Å². The first-order valence-electron chi connectivity index (χ1n) is 4.22. The molecule has 15 heavy (non-hydrogen) atoms. The molecule has 5 nitrogen and oxygen atoms in total. The summed E-state index contributed by atoms with van der Waals surface area (Å²) >= 11 is 0. The Kier molecular flexibility index (Phi) is 6.16. The number of rotatable bonds is 2. The summed E-state index contributed by atoms with van der Waals surface area (Å²) < 4.78 is 4.94. The van der Waals surface area contributed by atoms with Gasteiger partial charge in [-0.3, -0.25) is 4.79 Å². The summed E-state index contributed by atoms with van der Waals surface area (Å²) in [6.07, 6.45) is 0.250. The minimum absolute atomic E-state index is 0.250. The smallest absolute Gasteiger partial charge is 0.492 e. The van der Waals surface area contributed by atoms with Crippen molar-refractivity contribution in [3.8, 4) is 5.75 Å². The van der Waals surface area contributed by atoms with Crippen LogP contribution in [0.5, 0.6) is 5.75 Å². The molecule has 0 radical (unpaired) electrons. The van der Waals surface area contributed by atoms with Gasteiger partial charge >= 0.3 is 7.12 Å². The second-order valence-electron chi connectivity index (χ2n) is 2.76. The maximum atomic E-state index is 8.94. The van der Waals surface area contributed by atoms with Crippen molar-refractivity contribution in [2.24, 2.45) is 5.73 Å². The monoisotopic (exact) mass is 211 g/mol. The van der Waals surface area contributed by atoms with Gasteiger partial charge in [0, 0.05) is 5.46 Å². The van der Waals surface area contributed by atoms with Crippen molar-refractivity contribution in [1.29, 1.82) is 0 Å². The molecule has 0 aromatic heterocycles. The topological polar surface area (TPSA) is 92.8 Å². The zero-order valence-electron chi connectivity index (χ0n) is 8.68. The fourth-order valence-electron chi connectivity index (χ4n) is 1.06. The van der Waals surface area contributed by atoms with E-state index in [0.717, 1.165) is 5.56 Å². The van der Waals surface area contributed by atoms with E-state index in [2.05, 4.69) is 5.73 Å². The average molecular weight is 211 g/mol. The average Bonchev–Trinajstić information content (AvgIpc) is 2.19. The second-order valence-corrected chi connectivity index (χ2v) is 2.76. The number of aryl methyl sites for hydroxylation is 1. The van der Waals surface area contributed by atoms with Crippen molar-refractivity contribution in [1.82, 2.24) is 0 Å². The highest BCUT2D eigenvalue weighted by Crippen LogP contribution is 2.08. The Bertz CT molecular complexity index is 317. The van der Waals surface area contributed by atoms with Gasteiger partial charge < -0.3 is 20.5 Å². The molecule has 1 aromatic rings. The summed E-state index contributed by atoms with van der Waals surface area (Å²) in [6, 6.07) is 5.25.